The highest BCUT2D eigenvalue weighted by Crippen LogP contribution is 2.29. The molecule has 11 heteroatoms. The molecule has 62 heavy (non-hydrogen) atoms. The van der Waals surface area contributed by atoms with Crippen molar-refractivity contribution >= 4 is 51.2 Å². The molecule has 0 aliphatic carbocycles. The Bertz CT molecular complexity index is 2430. The van der Waals surface area contributed by atoms with Crippen molar-refractivity contribution in [1.29, 1.82) is 0 Å². The molecule has 5 aromatic carbocycles. The highest BCUT2D eigenvalue weighted by atomic mass is 16.5. The van der Waals surface area contributed by atoms with E-state index in [9.17, 15) is 24.0 Å². The van der Waals surface area contributed by atoms with E-state index in [1.807, 2.05) is 48.5 Å². The molecule has 0 unspecified atom stereocenters. The molecule has 0 saturated carbocycles. The van der Waals surface area contributed by atoms with Gasteiger partial charge in [-0.05, 0) is 153 Å². The molecule has 0 amide bonds. The molecular formula is C51H54O11. The molecule has 0 aliphatic heterocycles. The van der Waals surface area contributed by atoms with Gasteiger partial charge in [-0.3, -0.25) is 4.79 Å². The van der Waals surface area contributed by atoms with Crippen LogP contribution in [-0.4, -0.2) is 56.1 Å². The standard InChI is InChI=1S/C51H54O11/c1-6-46(52)45-33-44(61-50(55)40-17-15-38-31-42(21-19-36(38)29-40)57-25-11-7-9-13-27-59-48(53)34(2)3)23-24-47(45)62-51(56)41-18-16-39-32-43(22-20-37(39)30-41)58-26-12-8-10-14-28-60-49(54)35(4)5/h15-24,29-33H,2,4,6-14,25-28H2,1,3,5H3. The molecule has 0 aromatic heterocycles. The highest BCUT2D eigenvalue weighted by molar-refractivity contribution is 6.02. The molecule has 0 aliphatic rings. The first-order chi connectivity index (χ1) is 29.9. The molecule has 5 rings (SSSR count). The van der Waals surface area contributed by atoms with Gasteiger partial charge in [0, 0.05) is 17.6 Å². The highest BCUT2D eigenvalue weighted by Gasteiger charge is 2.19. The van der Waals surface area contributed by atoms with Gasteiger partial charge in [-0.1, -0.05) is 44.3 Å². The van der Waals surface area contributed by atoms with E-state index in [2.05, 4.69) is 13.2 Å². The average molecular weight is 843 g/mol. The lowest BCUT2D eigenvalue weighted by atomic mass is 10.1. The topological polar surface area (TPSA) is 141 Å². The van der Waals surface area contributed by atoms with Crippen molar-refractivity contribution < 1.29 is 52.4 Å². The average Bonchev–Trinajstić information content (AvgIpc) is 3.27. The van der Waals surface area contributed by atoms with Crippen molar-refractivity contribution in [2.75, 3.05) is 26.4 Å². The third kappa shape index (κ3) is 13.9. The fourth-order valence-corrected chi connectivity index (χ4v) is 6.35. The van der Waals surface area contributed by atoms with Gasteiger partial charge in [0.2, 0.25) is 0 Å². The van der Waals surface area contributed by atoms with Crippen molar-refractivity contribution in [3.8, 4) is 23.0 Å². The van der Waals surface area contributed by atoms with Gasteiger partial charge in [-0.15, -0.1) is 0 Å². The fraction of sp³-hybridized carbons (Fsp3) is 0.314. The van der Waals surface area contributed by atoms with E-state index in [1.54, 1.807) is 45.0 Å². The van der Waals surface area contributed by atoms with Crippen LogP contribution in [-0.2, 0) is 19.1 Å². The molecule has 0 radical (unpaired) electrons. The lowest BCUT2D eigenvalue weighted by Crippen LogP contribution is -2.13. The number of Topliss-reactive ketones (excluding diaryl/α,β-unsaturated/α-hetero) is 1. The number of rotatable bonds is 24. The first-order valence-electron chi connectivity index (χ1n) is 21.0. The number of fused-ring (bicyclic) bond motifs is 2. The summed E-state index contributed by atoms with van der Waals surface area (Å²) in [4.78, 5) is 62.5. The van der Waals surface area contributed by atoms with Gasteiger partial charge in [0.1, 0.15) is 23.0 Å². The maximum Gasteiger partial charge on any atom is 0.343 e. The summed E-state index contributed by atoms with van der Waals surface area (Å²) in [7, 11) is 0. The molecule has 0 heterocycles. The lowest BCUT2D eigenvalue weighted by molar-refractivity contribution is -0.139. The summed E-state index contributed by atoms with van der Waals surface area (Å²) < 4.78 is 33.5. The minimum atomic E-state index is -0.642. The van der Waals surface area contributed by atoms with Crippen LogP contribution in [0.15, 0.2) is 115 Å². The molecule has 324 valence electrons. The number of ketones is 1. The number of ether oxygens (including phenoxy) is 6. The first kappa shape index (κ1) is 46.3. The maximum atomic E-state index is 13.3. The molecule has 0 spiro atoms. The summed E-state index contributed by atoms with van der Waals surface area (Å²) in [5.74, 6) is -0.639. The van der Waals surface area contributed by atoms with E-state index in [1.165, 1.54) is 18.2 Å². The number of hydrogen-bond acceptors (Lipinski definition) is 11. The van der Waals surface area contributed by atoms with Crippen LogP contribution in [0.25, 0.3) is 21.5 Å². The second-order valence-electron chi connectivity index (χ2n) is 15.0. The van der Waals surface area contributed by atoms with Crippen LogP contribution in [0.3, 0.4) is 0 Å². The smallest absolute Gasteiger partial charge is 0.343 e. The Kier molecular flexibility index (Phi) is 17.4. The monoisotopic (exact) mass is 842 g/mol. The second-order valence-corrected chi connectivity index (χ2v) is 15.0. The van der Waals surface area contributed by atoms with Crippen molar-refractivity contribution in [3.05, 3.63) is 132 Å². The Morgan fingerprint density at radius 2 is 0.887 bits per heavy atom. The van der Waals surface area contributed by atoms with E-state index in [4.69, 9.17) is 28.4 Å². The van der Waals surface area contributed by atoms with Crippen molar-refractivity contribution in [1.82, 2.24) is 0 Å². The van der Waals surface area contributed by atoms with Crippen molar-refractivity contribution in [2.45, 2.75) is 78.6 Å². The van der Waals surface area contributed by atoms with E-state index >= 15 is 0 Å². The SMILES string of the molecule is C=C(C)C(=O)OCCCCCCOc1ccc2cc(C(=O)Oc3ccc(OC(=O)c4ccc5cc(OCCCCCCOC(=O)C(=C)C)ccc5c4)c(C(=O)CC)c3)ccc2c1. The second kappa shape index (κ2) is 23.3. The number of benzene rings is 5. The Balaban J connectivity index is 1.11. The zero-order valence-corrected chi connectivity index (χ0v) is 35.8. The zero-order valence-electron chi connectivity index (χ0n) is 35.8. The third-order valence-electron chi connectivity index (χ3n) is 9.86. The van der Waals surface area contributed by atoms with Crippen LogP contribution in [0.2, 0.25) is 0 Å². The Hall–Kier alpha value is -6.75. The van der Waals surface area contributed by atoms with Crippen LogP contribution >= 0.6 is 0 Å². The third-order valence-corrected chi connectivity index (χ3v) is 9.86. The summed E-state index contributed by atoms with van der Waals surface area (Å²) in [6.07, 6.45) is 7.16. The van der Waals surface area contributed by atoms with Gasteiger partial charge in [0.25, 0.3) is 0 Å². The number of unbranched alkanes of at least 4 members (excludes halogenated alkanes) is 6. The van der Waals surface area contributed by atoms with Gasteiger partial charge in [-0.2, -0.15) is 0 Å². The number of hydrogen-bond donors (Lipinski definition) is 0. The van der Waals surface area contributed by atoms with E-state index in [0.717, 1.165) is 78.7 Å². The van der Waals surface area contributed by atoms with Gasteiger partial charge >= 0.3 is 23.9 Å². The van der Waals surface area contributed by atoms with Crippen molar-refractivity contribution in [3.63, 3.8) is 0 Å². The summed E-state index contributed by atoms with van der Waals surface area (Å²) in [5, 5.41) is 3.41. The molecule has 0 N–H and O–H groups in total. The van der Waals surface area contributed by atoms with E-state index in [-0.39, 0.29) is 41.2 Å². The van der Waals surface area contributed by atoms with Gasteiger partial charge in [0.05, 0.1) is 43.1 Å². The lowest BCUT2D eigenvalue weighted by Gasteiger charge is -2.12. The first-order valence-corrected chi connectivity index (χ1v) is 21.0. The molecule has 11 nitrogen and oxygen atoms in total. The van der Waals surface area contributed by atoms with E-state index in [0.29, 0.717) is 54.5 Å². The molecule has 0 bridgehead atoms. The number of esters is 4. The van der Waals surface area contributed by atoms with Gasteiger partial charge in [-0.25, -0.2) is 19.2 Å². The normalized spacial score (nSPS) is 10.8. The Morgan fingerprint density at radius 1 is 0.468 bits per heavy atom. The quantitative estimate of drug-likeness (QED) is 0.0193. The van der Waals surface area contributed by atoms with Crippen LogP contribution in [0, 0.1) is 0 Å². The summed E-state index contributed by atoms with van der Waals surface area (Å²) in [5.41, 5.74) is 1.53. The summed E-state index contributed by atoms with van der Waals surface area (Å²) in [6, 6.07) is 26.0. The maximum absolute atomic E-state index is 13.3. The molecule has 0 atom stereocenters. The van der Waals surface area contributed by atoms with Crippen molar-refractivity contribution in [2.24, 2.45) is 0 Å². The Morgan fingerprint density at radius 3 is 1.35 bits per heavy atom. The predicted octanol–water partition coefficient (Wildman–Crippen LogP) is 11.1. The molecule has 0 saturated heterocycles. The number of carbonyl (C=O) groups is 5. The molecule has 5 aromatic rings. The van der Waals surface area contributed by atoms with Crippen LogP contribution in [0.1, 0.15) is 110 Å². The fourth-order valence-electron chi connectivity index (χ4n) is 6.35. The minimum absolute atomic E-state index is 0.0590. The van der Waals surface area contributed by atoms with Crippen LogP contribution in [0.4, 0.5) is 0 Å². The summed E-state index contributed by atoms with van der Waals surface area (Å²) in [6.45, 7) is 14.0. The van der Waals surface area contributed by atoms with Crippen LogP contribution < -0.4 is 18.9 Å². The largest absolute Gasteiger partial charge is 0.494 e. The van der Waals surface area contributed by atoms with Gasteiger partial charge in [0.15, 0.2) is 5.78 Å². The molecular weight excluding hydrogens is 789 g/mol. The minimum Gasteiger partial charge on any atom is -0.494 e. The predicted molar refractivity (Wildman–Crippen MR) is 238 cm³/mol. The van der Waals surface area contributed by atoms with Crippen LogP contribution in [0.5, 0.6) is 23.0 Å². The Labute approximate surface area is 362 Å². The zero-order chi connectivity index (χ0) is 44.4. The summed E-state index contributed by atoms with van der Waals surface area (Å²) >= 11 is 0. The van der Waals surface area contributed by atoms with E-state index < -0.39 is 11.9 Å². The molecule has 0 fully saturated rings. The number of carbonyl (C=O) groups excluding carboxylic acids is 5. The van der Waals surface area contributed by atoms with Gasteiger partial charge < -0.3 is 28.4 Å².